The van der Waals surface area contributed by atoms with E-state index in [1.165, 1.54) is 19.3 Å². The molecule has 4 nitrogen and oxygen atoms in total. The molecule has 0 aromatic heterocycles. The molecule has 0 aromatic carbocycles. The van der Waals surface area contributed by atoms with Crippen LogP contribution in [0.2, 0.25) is 0 Å². The SMILES string of the molecule is O=C(O)[C@@H]1CC[C@H](C(=O)NC2CCCCC2)C1. The summed E-state index contributed by atoms with van der Waals surface area (Å²) in [6.07, 6.45) is 7.75. The Balaban J connectivity index is 1.78. The molecule has 2 aliphatic carbocycles. The average molecular weight is 239 g/mol. The highest BCUT2D eigenvalue weighted by atomic mass is 16.4. The number of aliphatic carboxylic acids is 1. The van der Waals surface area contributed by atoms with E-state index in [9.17, 15) is 9.59 Å². The van der Waals surface area contributed by atoms with E-state index >= 15 is 0 Å². The molecular weight excluding hydrogens is 218 g/mol. The molecule has 96 valence electrons. The van der Waals surface area contributed by atoms with Crippen molar-refractivity contribution in [3.8, 4) is 0 Å². The van der Waals surface area contributed by atoms with Crippen LogP contribution in [0.5, 0.6) is 0 Å². The number of carbonyl (C=O) groups excluding carboxylic acids is 1. The van der Waals surface area contributed by atoms with Gasteiger partial charge in [0.1, 0.15) is 0 Å². The lowest BCUT2D eigenvalue weighted by Crippen LogP contribution is -2.39. The van der Waals surface area contributed by atoms with E-state index in [1.807, 2.05) is 0 Å². The lowest BCUT2D eigenvalue weighted by atomic mass is 9.94. The van der Waals surface area contributed by atoms with Gasteiger partial charge in [0.25, 0.3) is 0 Å². The van der Waals surface area contributed by atoms with E-state index in [0.29, 0.717) is 18.9 Å². The fourth-order valence-electron chi connectivity index (χ4n) is 3.01. The van der Waals surface area contributed by atoms with Gasteiger partial charge in [0.15, 0.2) is 0 Å². The number of carbonyl (C=O) groups is 2. The first-order chi connectivity index (χ1) is 8.16. The zero-order valence-corrected chi connectivity index (χ0v) is 10.2. The predicted octanol–water partition coefficient (Wildman–Crippen LogP) is 1.94. The van der Waals surface area contributed by atoms with E-state index < -0.39 is 5.97 Å². The van der Waals surface area contributed by atoms with Crippen molar-refractivity contribution >= 4 is 11.9 Å². The highest BCUT2D eigenvalue weighted by molar-refractivity contribution is 5.81. The second kappa shape index (κ2) is 5.52. The molecule has 2 rings (SSSR count). The third-order valence-electron chi connectivity index (χ3n) is 4.10. The molecule has 0 unspecified atom stereocenters. The van der Waals surface area contributed by atoms with Gasteiger partial charge in [0, 0.05) is 12.0 Å². The molecule has 2 aliphatic rings. The molecule has 0 aliphatic heterocycles. The minimum atomic E-state index is -0.752. The van der Waals surface area contributed by atoms with E-state index in [0.717, 1.165) is 19.3 Å². The topological polar surface area (TPSA) is 66.4 Å². The van der Waals surface area contributed by atoms with E-state index in [-0.39, 0.29) is 17.7 Å². The van der Waals surface area contributed by atoms with Crippen molar-refractivity contribution in [3.63, 3.8) is 0 Å². The Morgan fingerprint density at radius 3 is 2.18 bits per heavy atom. The van der Waals surface area contributed by atoms with Gasteiger partial charge >= 0.3 is 5.97 Å². The second-order valence-electron chi connectivity index (χ2n) is 5.39. The Bertz CT molecular complexity index is 297. The summed E-state index contributed by atoms with van der Waals surface area (Å²) in [5.74, 6) is -1.05. The van der Waals surface area contributed by atoms with Crippen LogP contribution in [0.3, 0.4) is 0 Å². The molecule has 1 amide bonds. The molecule has 17 heavy (non-hydrogen) atoms. The third kappa shape index (κ3) is 3.20. The van der Waals surface area contributed by atoms with Gasteiger partial charge in [0.05, 0.1) is 5.92 Å². The Hall–Kier alpha value is -1.06. The van der Waals surface area contributed by atoms with Crippen LogP contribution in [0.4, 0.5) is 0 Å². The largest absolute Gasteiger partial charge is 0.481 e. The highest BCUT2D eigenvalue weighted by Crippen LogP contribution is 2.31. The maximum absolute atomic E-state index is 12.0. The van der Waals surface area contributed by atoms with Gasteiger partial charge in [-0.05, 0) is 32.1 Å². The molecule has 0 bridgehead atoms. The van der Waals surface area contributed by atoms with Crippen LogP contribution < -0.4 is 5.32 Å². The van der Waals surface area contributed by atoms with Crippen molar-refractivity contribution in [1.82, 2.24) is 5.32 Å². The number of carboxylic acids is 1. The maximum Gasteiger partial charge on any atom is 0.306 e. The van der Waals surface area contributed by atoms with Gasteiger partial charge in [-0.3, -0.25) is 9.59 Å². The van der Waals surface area contributed by atoms with Crippen LogP contribution in [0.25, 0.3) is 0 Å². The van der Waals surface area contributed by atoms with Gasteiger partial charge in [-0.25, -0.2) is 0 Å². The first-order valence-electron chi connectivity index (χ1n) is 6.70. The number of nitrogens with one attached hydrogen (secondary N) is 1. The number of rotatable bonds is 3. The van der Waals surface area contributed by atoms with Crippen LogP contribution in [-0.4, -0.2) is 23.0 Å². The van der Waals surface area contributed by atoms with Gasteiger partial charge in [-0.1, -0.05) is 19.3 Å². The van der Waals surface area contributed by atoms with E-state index in [4.69, 9.17) is 5.11 Å². The minimum Gasteiger partial charge on any atom is -0.481 e. The summed E-state index contributed by atoms with van der Waals surface area (Å²) in [5, 5.41) is 12.0. The summed E-state index contributed by atoms with van der Waals surface area (Å²) in [6, 6.07) is 0.333. The van der Waals surface area contributed by atoms with Crippen molar-refractivity contribution in [2.24, 2.45) is 11.8 Å². The van der Waals surface area contributed by atoms with Crippen LogP contribution in [-0.2, 0) is 9.59 Å². The van der Waals surface area contributed by atoms with Gasteiger partial charge in [-0.15, -0.1) is 0 Å². The molecule has 0 aromatic rings. The summed E-state index contributed by atoms with van der Waals surface area (Å²) in [6.45, 7) is 0. The molecule has 0 radical (unpaired) electrons. The Kier molecular flexibility index (Phi) is 4.02. The van der Waals surface area contributed by atoms with Crippen LogP contribution in [0, 0.1) is 11.8 Å². The first-order valence-corrected chi connectivity index (χ1v) is 6.70. The second-order valence-corrected chi connectivity index (χ2v) is 5.39. The van der Waals surface area contributed by atoms with E-state index in [2.05, 4.69) is 5.32 Å². The highest BCUT2D eigenvalue weighted by Gasteiger charge is 2.34. The number of amides is 1. The average Bonchev–Trinajstić information content (AvgIpc) is 2.79. The summed E-state index contributed by atoms with van der Waals surface area (Å²) in [7, 11) is 0. The van der Waals surface area contributed by atoms with E-state index in [1.54, 1.807) is 0 Å². The van der Waals surface area contributed by atoms with Crippen molar-refractivity contribution in [2.75, 3.05) is 0 Å². The predicted molar refractivity (Wildman–Crippen MR) is 63.5 cm³/mol. The smallest absolute Gasteiger partial charge is 0.306 e. The van der Waals surface area contributed by atoms with Crippen LogP contribution >= 0.6 is 0 Å². The van der Waals surface area contributed by atoms with Crippen molar-refractivity contribution < 1.29 is 14.7 Å². The first kappa shape index (κ1) is 12.4. The molecule has 2 fully saturated rings. The third-order valence-corrected chi connectivity index (χ3v) is 4.10. The molecule has 0 spiro atoms. The number of hydrogen-bond acceptors (Lipinski definition) is 2. The summed E-state index contributed by atoms with van der Waals surface area (Å²) >= 11 is 0. The fourth-order valence-corrected chi connectivity index (χ4v) is 3.01. The van der Waals surface area contributed by atoms with Gasteiger partial charge in [0.2, 0.25) is 5.91 Å². The van der Waals surface area contributed by atoms with Crippen LogP contribution in [0.15, 0.2) is 0 Å². The van der Waals surface area contributed by atoms with Crippen LogP contribution in [0.1, 0.15) is 51.4 Å². The molecular formula is C13H21NO3. The molecule has 0 saturated heterocycles. The molecule has 0 heterocycles. The zero-order valence-electron chi connectivity index (χ0n) is 10.2. The number of carboxylic acid groups (broad SMARTS) is 1. The molecule has 4 heteroatoms. The summed E-state index contributed by atoms with van der Waals surface area (Å²) in [4.78, 5) is 22.8. The molecule has 2 N–H and O–H groups in total. The maximum atomic E-state index is 12.0. The van der Waals surface area contributed by atoms with Gasteiger partial charge < -0.3 is 10.4 Å². The Labute approximate surface area is 102 Å². The normalized spacial score (nSPS) is 30.1. The lowest BCUT2D eigenvalue weighted by Gasteiger charge is -2.24. The molecule has 2 atom stereocenters. The number of hydrogen-bond donors (Lipinski definition) is 2. The quantitative estimate of drug-likeness (QED) is 0.791. The summed E-state index contributed by atoms with van der Waals surface area (Å²) < 4.78 is 0. The van der Waals surface area contributed by atoms with Crippen molar-refractivity contribution in [2.45, 2.75) is 57.4 Å². The Morgan fingerprint density at radius 2 is 1.59 bits per heavy atom. The van der Waals surface area contributed by atoms with Gasteiger partial charge in [-0.2, -0.15) is 0 Å². The minimum absolute atomic E-state index is 0.0713. The monoisotopic (exact) mass is 239 g/mol. The zero-order chi connectivity index (χ0) is 12.3. The fraction of sp³-hybridized carbons (Fsp3) is 0.846. The standard InChI is InChI=1S/C13H21NO3/c15-12(14-11-4-2-1-3-5-11)9-6-7-10(8-9)13(16)17/h9-11H,1-8H2,(H,14,15)(H,16,17)/t9-,10+/m0/s1. The Morgan fingerprint density at radius 1 is 0.941 bits per heavy atom. The molecule has 2 saturated carbocycles. The summed E-state index contributed by atoms with van der Waals surface area (Å²) in [5.41, 5.74) is 0. The lowest BCUT2D eigenvalue weighted by molar-refractivity contribution is -0.141. The van der Waals surface area contributed by atoms with Crippen molar-refractivity contribution in [3.05, 3.63) is 0 Å². The van der Waals surface area contributed by atoms with Crippen molar-refractivity contribution in [1.29, 1.82) is 0 Å².